The second kappa shape index (κ2) is 4.99. The molecule has 0 saturated heterocycles. The molecule has 3 rings (SSSR count). The number of nitrogens with zero attached hydrogens (tertiary/aromatic N) is 1. The van der Waals surface area contributed by atoms with Crippen molar-refractivity contribution in [1.82, 2.24) is 5.43 Å². The molecule has 0 bridgehead atoms. The smallest absolute Gasteiger partial charge is 0.336 e. The first-order chi connectivity index (χ1) is 10.1. The Morgan fingerprint density at radius 3 is 2.43 bits per heavy atom. The van der Waals surface area contributed by atoms with E-state index in [4.69, 9.17) is 18.0 Å². The van der Waals surface area contributed by atoms with Crippen molar-refractivity contribution in [2.24, 2.45) is 10.8 Å². The molecule has 6 heteroatoms. The van der Waals surface area contributed by atoms with Gasteiger partial charge in [-0.2, -0.15) is 5.10 Å². The maximum atomic E-state index is 11.4. The Labute approximate surface area is 126 Å². The number of carboxylic acid groups (broad SMARTS) is 1. The van der Waals surface area contributed by atoms with E-state index in [0.29, 0.717) is 11.3 Å². The Morgan fingerprint density at radius 1 is 1.10 bits per heavy atom. The van der Waals surface area contributed by atoms with E-state index in [-0.39, 0.29) is 10.7 Å². The van der Waals surface area contributed by atoms with Crippen molar-refractivity contribution in [2.75, 3.05) is 0 Å². The summed E-state index contributed by atoms with van der Waals surface area (Å²) in [4.78, 5) is 11.4. The third-order valence-corrected chi connectivity index (χ3v) is 3.37. The summed E-state index contributed by atoms with van der Waals surface area (Å²) in [5, 5.41) is 13.7. The van der Waals surface area contributed by atoms with Crippen LogP contribution >= 0.6 is 12.2 Å². The highest BCUT2D eigenvalue weighted by Crippen LogP contribution is 2.39. The van der Waals surface area contributed by atoms with Crippen molar-refractivity contribution in [3.63, 3.8) is 0 Å². The van der Waals surface area contributed by atoms with E-state index in [1.54, 1.807) is 12.1 Å². The number of hydrazone groups is 1. The van der Waals surface area contributed by atoms with Crippen LogP contribution in [0.1, 0.15) is 21.5 Å². The Morgan fingerprint density at radius 2 is 1.76 bits per heavy atom. The zero-order valence-electron chi connectivity index (χ0n) is 10.8. The molecule has 0 fully saturated rings. The number of fused-ring (bicyclic) bond motifs is 3. The van der Waals surface area contributed by atoms with Crippen LogP contribution in [0, 0.1) is 0 Å². The number of nitrogens with one attached hydrogen (secondary N) is 1. The van der Waals surface area contributed by atoms with Crippen molar-refractivity contribution in [3.05, 3.63) is 59.2 Å². The van der Waals surface area contributed by atoms with Crippen LogP contribution in [0.4, 0.5) is 0 Å². The molecule has 0 radical (unpaired) electrons. The van der Waals surface area contributed by atoms with Crippen LogP contribution in [0.25, 0.3) is 11.1 Å². The topological polar surface area (TPSA) is 87.7 Å². The van der Waals surface area contributed by atoms with E-state index in [1.807, 2.05) is 30.3 Å². The van der Waals surface area contributed by atoms with Crippen molar-refractivity contribution in [1.29, 1.82) is 0 Å². The summed E-state index contributed by atoms with van der Waals surface area (Å²) in [6, 6.07) is 12.6. The molecule has 0 aliphatic heterocycles. The van der Waals surface area contributed by atoms with E-state index in [1.165, 1.54) is 0 Å². The fraction of sp³-hybridized carbons (Fsp3) is 0. The minimum atomic E-state index is -0.967. The van der Waals surface area contributed by atoms with Crippen molar-refractivity contribution in [3.8, 4) is 11.1 Å². The SMILES string of the molecule is NC(=S)N/N=C1\c2ccccc2-c2c(C(=O)O)cccc21. The third-order valence-electron chi connectivity index (χ3n) is 3.28. The summed E-state index contributed by atoms with van der Waals surface area (Å²) in [5.74, 6) is -0.967. The highest BCUT2D eigenvalue weighted by molar-refractivity contribution is 7.80. The Hall–Kier alpha value is -2.73. The average Bonchev–Trinajstić information content (AvgIpc) is 2.79. The molecule has 5 nitrogen and oxygen atoms in total. The first-order valence-electron chi connectivity index (χ1n) is 6.19. The van der Waals surface area contributed by atoms with Gasteiger partial charge < -0.3 is 10.8 Å². The Balaban J connectivity index is 2.29. The predicted octanol–water partition coefficient (Wildman–Crippen LogP) is 1.95. The summed E-state index contributed by atoms with van der Waals surface area (Å²) in [6.07, 6.45) is 0. The average molecular weight is 297 g/mol. The van der Waals surface area contributed by atoms with Gasteiger partial charge in [0.15, 0.2) is 5.11 Å². The van der Waals surface area contributed by atoms with E-state index < -0.39 is 5.97 Å². The van der Waals surface area contributed by atoms with Crippen LogP contribution in [-0.4, -0.2) is 21.9 Å². The molecular formula is C15H11N3O2S. The molecule has 104 valence electrons. The maximum absolute atomic E-state index is 11.4. The second-order valence-corrected chi connectivity index (χ2v) is 4.96. The molecule has 0 spiro atoms. The molecule has 0 unspecified atom stereocenters. The summed E-state index contributed by atoms with van der Waals surface area (Å²) < 4.78 is 0. The predicted molar refractivity (Wildman–Crippen MR) is 84.4 cm³/mol. The quantitative estimate of drug-likeness (QED) is 0.497. The lowest BCUT2D eigenvalue weighted by Crippen LogP contribution is -2.25. The molecule has 0 amide bonds. The standard InChI is InChI=1S/C15H11N3O2S/c16-15(21)18-17-13-9-5-2-1-4-8(9)12-10(13)6-3-7-11(12)14(19)20/h1-7H,(H,19,20)(H3,16,18,21)/b17-13+. The first-order valence-corrected chi connectivity index (χ1v) is 6.60. The molecule has 0 atom stereocenters. The molecule has 2 aromatic carbocycles. The Kier molecular flexibility index (Phi) is 3.15. The van der Waals surface area contributed by atoms with Gasteiger partial charge in [0.25, 0.3) is 0 Å². The van der Waals surface area contributed by atoms with Crippen LogP contribution in [0.3, 0.4) is 0 Å². The Bertz CT molecular complexity index is 799. The van der Waals surface area contributed by atoms with Crippen LogP contribution in [0.2, 0.25) is 0 Å². The van der Waals surface area contributed by atoms with Gasteiger partial charge >= 0.3 is 5.97 Å². The summed E-state index contributed by atoms with van der Waals surface area (Å²) in [6.45, 7) is 0. The molecule has 2 aromatic rings. The summed E-state index contributed by atoms with van der Waals surface area (Å²) in [7, 11) is 0. The fourth-order valence-electron chi connectivity index (χ4n) is 2.50. The van der Waals surface area contributed by atoms with Gasteiger partial charge in [0.1, 0.15) is 0 Å². The molecule has 0 saturated carbocycles. The fourth-order valence-corrected chi connectivity index (χ4v) is 2.55. The minimum Gasteiger partial charge on any atom is -0.478 e. The number of carboxylic acids is 1. The van der Waals surface area contributed by atoms with Crippen molar-refractivity contribution >= 4 is 29.0 Å². The van der Waals surface area contributed by atoms with E-state index in [0.717, 1.165) is 16.7 Å². The minimum absolute atomic E-state index is 0.0582. The van der Waals surface area contributed by atoms with E-state index in [2.05, 4.69) is 10.5 Å². The number of nitrogens with two attached hydrogens (primary N) is 1. The maximum Gasteiger partial charge on any atom is 0.336 e. The van der Waals surface area contributed by atoms with Crippen LogP contribution in [0.15, 0.2) is 47.6 Å². The third kappa shape index (κ3) is 2.15. The normalized spacial score (nSPS) is 13.6. The second-order valence-electron chi connectivity index (χ2n) is 4.52. The number of rotatable bonds is 2. The van der Waals surface area contributed by atoms with Gasteiger partial charge in [-0.05, 0) is 23.8 Å². The highest BCUT2D eigenvalue weighted by atomic mass is 32.1. The number of benzene rings is 2. The monoisotopic (exact) mass is 297 g/mol. The number of carbonyl (C=O) groups is 1. The first kappa shape index (κ1) is 13.3. The number of hydrogen-bond acceptors (Lipinski definition) is 3. The lowest BCUT2D eigenvalue weighted by Gasteiger charge is -2.04. The molecule has 4 N–H and O–H groups in total. The zero-order valence-corrected chi connectivity index (χ0v) is 11.6. The number of hydrogen-bond donors (Lipinski definition) is 3. The summed E-state index contributed by atoms with van der Waals surface area (Å²) in [5.41, 5.74) is 12.0. The van der Waals surface area contributed by atoms with E-state index in [9.17, 15) is 9.90 Å². The van der Waals surface area contributed by atoms with Gasteiger partial charge in [-0.1, -0.05) is 36.4 Å². The van der Waals surface area contributed by atoms with Gasteiger partial charge in [0.05, 0.1) is 11.3 Å². The summed E-state index contributed by atoms with van der Waals surface area (Å²) >= 11 is 4.76. The van der Waals surface area contributed by atoms with Crippen LogP contribution < -0.4 is 11.2 Å². The lowest BCUT2D eigenvalue weighted by atomic mass is 10.00. The highest BCUT2D eigenvalue weighted by Gasteiger charge is 2.28. The van der Waals surface area contributed by atoms with Gasteiger partial charge in [0, 0.05) is 16.7 Å². The van der Waals surface area contributed by atoms with Crippen LogP contribution in [-0.2, 0) is 0 Å². The number of thiocarbonyl (C=S) groups is 1. The van der Waals surface area contributed by atoms with Gasteiger partial charge in [0.2, 0.25) is 0 Å². The molecule has 1 aliphatic rings. The largest absolute Gasteiger partial charge is 0.478 e. The van der Waals surface area contributed by atoms with E-state index >= 15 is 0 Å². The molecule has 1 aliphatic carbocycles. The zero-order chi connectivity index (χ0) is 15.0. The van der Waals surface area contributed by atoms with Gasteiger partial charge in [-0.15, -0.1) is 0 Å². The number of aromatic carboxylic acids is 1. The molecular weight excluding hydrogens is 286 g/mol. The van der Waals surface area contributed by atoms with Crippen LogP contribution in [0.5, 0.6) is 0 Å². The van der Waals surface area contributed by atoms with Crippen molar-refractivity contribution in [2.45, 2.75) is 0 Å². The molecule has 21 heavy (non-hydrogen) atoms. The van der Waals surface area contributed by atoms with Crippen molar-refractivity contribution < 1.29 is 9.90 Å². The van der Waals surface area contributed by atoms with Gasteiger partial charge in [-0.25, -0.2) is 4.79 Å². The molecule has 0 heterocycles. The molecule has 0 aromatic heterocycles. The lowest BCUT2D eigenvalue weighted by molar-refractivity contribution is 0.0697. The van der Waals surface area contributed by atoms with Gasteiger partial charge in [-0.3, -0.25) is 5.43 Å².